The topological polar surface area (TPSA) is 92.7 Å². The number of carbonyl (C=O) groups is 1. The van der Waals surface area contributed by atoms with Crippen LogP contribution in [-0.2, 0) is 26.0 Å². The summed E-state index contributed by atoms with van der Waals surface area (Å²) in [4.78, 5) is 11.1. The molecular weight excluding hydrogens is 302 g/mol. The molecule has 0 radical (unpaired) electrons. The van der Waals surface area contributed by atoms with Crippen molar-refractivity contribution in [1.29, 1.82) is 0 Å². The van der Waals surface area contributed by atoms with E-state index in [0.29, 0.717) is 17.9 Å². The Kier molecular flexibility index (Phi) is 4.19. The number of aliphatic carboxylic acids is 1. The fourth-order valence-corrected chi connectivity index (χ4v) is 4.91. The van der Waals surface area contributed by atoms with Crippen LogP contribution in [0.5, 0.6) is 0 Å². The highest BCUT2D eigenvalue weighted by molar-refractivity contribution is 7.91. The highest BCUT2D eigenvalue weighted by Crippen LogP contribution is 2.29. The Hall–Kier alpha value is -0.960. The Morgan fingerprint density at radius 2 is 2.30 bits per heavy atom. The van der Waals surface area contributed by atoms with E-state index in [1.807, 2.05) is 13.8 Å². The number of rotatable bonds is 5. The van der Waals surface area contributed by atoms with Gasteiger partial charge in [-0.2, -0.15) is 0 Å². The first-order chi connectivity index (χ1) is 9.23. The van der Waals surface area contributed by atoms with Gasteiger partial charge in [0.15, 0.2) is 0 Å². The highest BCUT2D eigenvalue weighted by atomic mass is 32.2. The first-order valence-corrected chi connectivity index (χ1v) is 8.49. The maximum absolute atomic E-state index is 12.3. The van der Waals surface area contributed by atoms with E-state index in [0.717, 1.165) is 11.3 Å². The van der Waals surface area contributed by atoms with Crippen molar-refractivity contribution in [3.8, 4) is 0 Å². The lowest BCUT2D eigenvalue weighted by Crippen LogP contribution is -2.50. The number of thiophene rings is 1. The van der Waals surface area contributed by atoms with Gasteiger partial charge in [0.2, 0.25) is 0 Å². The molecule has 2 N–H and O–H groups in total. The largest absolute Gasteiger partial charge is 0.481 e. The van der Waals surface area contributed by atoms with Gasteiger partial charge in [0.05, 0.1) is 18.1 Å². The Morgan fingerprint density at radius 3 is 2.85 bits per heavy atom. The van der Waals surface area contributed by atoms with E-state index >= 15 is 0 Å². The monoisotopic (exact) mass is 319 g/mol. The van der Waals surface area contributed by atoms with E-state index in [2.05, 4.69) is 4.72 Å². The van der Waals surface area contributed by atoms with Crippen molar-refractivity contribution in [3.63, 3.8) is 0 Å². The minimum atomic E-state index is -3.65. The number of nitrogens with one attached hydrogen (secondary N) is 1. The molecule has 1 aliphatic heterocycles. The first kappa shape index (κ1) is 15.4. The number of sulfonamides is 1. The Morgan fingerprint density at radius 1 is 1.60 bits per heavy atom. The van der Waals surface area contributed by atoms with Crippen LogP contribution in [0.1, 0.15) is 25.1 Å². The molecule has 1 aliphatic rings. The number of hydrogen-bond acceptors (Lipinski definition) is 5. The number of hydrogen-bond donors (Lipinski definition) is 2. The smallest absolute Gasteiger partial charge is 0.308 e. The molecule has 0 bridgehead atoms. The molecule has 0 saturated carbocycles. The maximum atomic E-state index is 12.3. The van der Waals surface area contributed by atoms with E-state index in [9.17, 15) is 13.2 Å². The summed E-state index contributed by atoms with van der Waals surface area (Å²) in [7, 11) is -3.65. The summed E-state index contributed by atoms with van der Waals surface area (Å²) in [5, 5.41) is 8.71. The molecule has 0 spiro atoms. The van der Waals surface area contributed by atoms with Gasteiger partial charge in [-0.1, -0.05) is 0 Å². The van der Waals surface area contributed by atoms with Crippen LogP contribution in [0.2, 0.25) is 0 Å². The van der Waals surface area contributed by atoms with Crippen LogP contribution in [0.15, 0.2) is 16.3 Å². The lowest BCUT2D eigenvalue weighted by atomic mass is 9.97. The molecule has 1 saturated heterocycles. The number of carboxylic acid groups (broad SMARTS) is 1. The number of ether oxygens (including phenoxy) is 1. The lowest BCUT2D eigenvalue weighted by Gasteiger charge is -2.28. The third-order valence-electron chi connectivity index (χ3n) is 3.48. The summed E-state index contributed by atoms with van der Waals surface area (Å²) in [5.74, 6) is -0.978. The zero-order valence-electron chi connectivity index (χ0n) is 11.3. The second kappa shape index (κ2) is 5.44. The van der Waals surface area contributed by atoms with Crippen LogP contribution in [0.25, 0.3) is 0 Å². The molecule has 2 atom stereocenters. The Labute approximate surface area is 121 Å². The van der Waals surface area contributed by atoms with Gasteiger partial charge in [-0.05, 0) is 32.4 Å². The summed E-state index contributed by atoms with van der Waals surface area (Å²) < 4.78 is 32.9. The quantitative estimate of drug-likeness (QED) is 0.851. The summed E-state index contributed by atoms with van der Waals surface area (Å²) in [5.41, 5.74) is -0.629. The van der Waals surface area contributed by atoms with Gasteiger partial charge in [0.1, 0.15) is 4.21 Å². The van der Waals surface area contributed by atoms with Gasteiger partial charge >= 0.3 is 5.97 Å². The molecule has 1 aromatic heterocycles. The van der Waals surface area contributed by atoms with Crippen LogP contribution < -0.4 is 4.72 Å². The van der Waals surface area contributed by atoms with Crippen molar-refractivity contribution >= 4 is 27.3 Å². The zero-order chi connectivity index (χ0) is 15.0. The predicted molar refractivity (Wildman–Crippen MR) is 74.4 cm³/mol. The Balaban J connectivity index is 2.18. The minimum absolute atomic E-state index is 0.133. The van der Waals surface area contributed by atoms with Crippen molar-refractivity contribution in [2.24, 2.45) is 0 Å². The molecule has 0 aliphatic carbocycles. The lowest BCUT2D eigenvalue weighted by molar-refractivity contribution is -0.136. The van der Waals surface area contributed by atoms with Crippen LogP contribution in [-0.4, -0.2) is 37.7 Å². The van der Waals surface area contributed by atoms with Gasteiger partial charge in [-0.3, -0.25) is 4.79 Å². The van der Waals surface area contributed by atoms with Gasteiger partial charge < -0.3 is 9.84 Å². The van der Waals surface area contributed by atoms with Crippen LogP contribution in [0.4, 0.5) is 0 Å². The maximum Gasteiger partial charge on any atom is 0.308 e. The van der Waals surface area contributed by atoms with Crippen molar-refractivity contribution in [2.75, 3.05) is 6.61 Å². The minimum Gasteiger partial charge on any atom is -0.481 e. The molecule has 2 rings (SSSR count). The highest BCUT2D eigenvalue weighted by Gasteiger charge is 2.40. The predicted octanol–water partition coefficient (Wildman–Crippen LogP) is 1.22. The molecule has 112 valence electrons. The SMILES string of the molecule is CC1OCCC1(C)NS(=O)(=O)c1ccc(CC(=O)O)s1. The zero-order valence-corrected chi connectivity index (χ0v) is 12.9. The normalized spacial score (nSPS) is 26.8. The van der Waals surface area contributed by atoms with Crippen LogP contribution in [0.3, 0.4) is 0 Å². The van der Waals surface area contributed by atoms with Crippen molar-refractivity contribution in [1.82, 2.24) is 4.72 Å². The average Bonchev–Trinajstić information content (AvgIpc) is 2.87. The molecule has 1 fully saturated rings. The van der Waals surface area contributed by atoms with Gasteiger partial charge in [-0.15, -0.1) is 11.3 Å². The van der Waals surface area contributed by atoms with E-state index in [1.54, 1.807) is 0 Å². The summed E-state index contributed by atoms with van der Waals surface area (Å²) in [6.07, 6.45) is 0.244. The molecular formula is C12H17NO5S2. The van der Waals surface area contributed by atoms with Gasteiger partial charge in [0, 0.05) is 11.5 Å². The van der Waals surface area contributed by atoms with Crippen molar-refractivity contribution in [2.45, 2.75) is 42.5 Å². The summed E-state index contributed by atoms with van der Waals surface area (Å²) in [6.45, 7) is 4.17. The average molecular weight is 319 g/mol. The fourth-order valence-electron chi connectivity index (χ4n) is 2.07. The van der Waals surface area contributed by atoms with E-state index in [-0.39, 0.29) is 16.7 Å². The Bertz CT molecular complexity index is 609. The summed E-state index contributed by atoms with van der Waals surface area (Å²) >= 11 is 0.979. The standard InChI is InChI=1S/C12H17NO5S2/c1-8-12(2,5-6-18-8)13-20(16,17)11-4-3-9(19-11)7-10(14)15/h3-4,8,13H,5-7H2,1-2H3,(H,14,15). The third-order valence-corrected chi connectivity index (χ3v) is 6.67. The molecule has 0 aromatic carbocycles. The second-order valence-electron chi connectivity index (χ2n) is 5.08. The van der Waals surface area contributed by atoms with E-state index in [4.69, 9.17) is 9.84 Å². The first-order valence-electron chi connectivity index (χ1n) is 6.19. The molecule has 2 heterocycles. The fraction of sp³-hybridized carbons (Fsp3) is 0.583. The van der Waals surface area contributed by atoms with Gasteiger partial charge in [0.25, 0.3) is 10.0 Å². The van der Waals surface area contributed by atoms with Crippen LogP contribution in [0, 0.1) is 0 Å². The van der Waals surface area contributed by atoms with Crippen molar-refractivity contribution in [3.05, 3.63) is 17.0 Å². The van der Waals surface area contributed by atoms with E-state index < -0.39 is 21.5 Å². The molecule has 8 heteroatoms. The molecule has 20 heavy (non-hydrogen) atoms. The molecule has 2 unspecified atom stereocenters. The number of carboxylic acids is 1. The third kappa shape index (κ3) is 3.20. The molecule has 0 amide bonds. The molecule has 1 aromatic rings. The van der Waals surface area contributed by atoms with Gasteiger partial charge in [-0.25, -0.2) is 13.1 Å². The van der Waals surface area contributed by atoms with Crippen LogP contribution >= 0.6 is 11.3 Å². The second-order valence-corrected chi connectivity index (χ2v) is 8.15. The van der Waals surface area contributed by atoms with Crippen molar-refractivity contribution < 1.29 is 23.1 Å². The molecule has 6 nitrogen and oxygen atoms in total. The summed E-state index contributed by atoms with van der Waals surface area (Å²) in [6, 6.07) is 2.97. The van der Waals surface area contributed by atoms with E-state index in [1.165, 1.54) is 12.1 Å².